The van der Waals surface area contributed by atoms with Crippen LogP contribution in [0.1, 0.15) is 16.7 Å². The Hall–Kier alpha value is -1.40. The van der Waals surface area contributed by atoms with E-state index in [1.165, 1.54) is 12.1 Å². The number of nitrogens with one attached hydrogen (secondary N) is 1. The monoisotopic (exact) mass is 324 g/mol. The minimum absolute atomic E-state index is 0.168. The van der Waals surface area contributed by atoms with Gasteiger partial charge in [0.2, 0.25) is 10.0 Å². The maximum absolute atomic E-state index is 12.3. The molecule has 0 spiro atoms. The molecule has 2 rings (SSSR count). The number of hydrogen-bond acceptors (Lipinski definition) is 3. The Kier molecular flexibility index (Phi) is 5.00. The van der Waals surface area contributed by atoms with Crippen LogP contribution in [0.25, 0.3) is 0 Å². The van der Waals surface area contributed by atoms with Crippen LogP contribution in [0.4, 0.5) is 0 Å². The van der Waals surface area contributed by atoms with Crippen LogP contribution in [0.5, 0.6) is 0 Å². The van der Waals surface area contributed by atoms with Crippen LogP contribution in [-0.4, -0.2) is 8.42 Å². The van der Waals surface area contributed by atoms with E-state index >= 15 is 0 Å². The minimum Gasteiger partial charge on any atom is -0.326 e. The lowest BCUT2D eigenvalue weighted by atomic mass is 10.1. The topological polar surface area (TPSA) is 72.2 Å². The SMILES string of the molecule is Cc1ccccc1CNS(=O)(=O)c1ccc(Cl)c(CN)c1. The Labute approximate surface area is 130 Å². The van der Waals surface area contributed by atoms with Gasteiger partial charge in [-0.25, -0.2) is 13.1 Å². The summed E-state index contributed by atoms with van der Waals surface area (Å²) < 4.78 is 27.2. The molecule has 0 aromatic heterocycles. The normalized spacial score (nSPS) is 11.6. The summed E-state index contributed by atoms with van der Waals surface area (Å²) in [7, 11) is -3.59. The van der Waals surface area contributed by atoms with E-state index in [0.29, 0.717) is 10.6 Å². The van der Waals surface area contributed by atoms with Gasteiger partial charge in [0.15, 0.2) is 0 Å². The fourth-order valence-corrected chi connectivity index (χ4v) is 3.19. The minimum atomic E-state index is -3.59. The van der Waals surface area contributed by atoms with Crippen LogP contribution < -0.4 is 10.5 Å². The van der Waals surface area contributed by atoms with E-state index in [2.05, 4.69) is 4.72 Å². The van der Waals surface area contributed by atoms with Gasteiger partial charge in [0.05, 0.1) is 4.90 Å². The molecule has 0 aliphatic rings. The van der Waals surface area contributed by atoms with Gasteiger partial charge in [0.1, 0.15) is 0 Å². The molecule has 0 saturated heterocycles. The number of sulfonamides is 1. The van der Waals surface area contributed by atoms with Gasteiger partial charge >= 0.3 is 0 Å². The van der Waals surface area contributed by atoms with E-state index in [1.54, 1.807) is 6.07 Å². The molecule has 0 radical (unpaired) electrons. The maximum Gasteiger partial charge on any atom is 0.240 e. The molecule has 0 bridgehead atoms. The highest BCUT2D eigenvalue weighted by molar-refractivity contribution is 7.89. The number of hydrogen-bond donors (Lipinski definition) is 2. The van der Waals surface area contributed by atoms with E-state index in [1.807, 2.05) is 31.2 Å². The zero-order valence-electron chi connectivity index (χ0n) is 11.6. The van der Waals surface area contributed by atoms with E-state index in [9.17, 15) is 8.42 Å². The predicted octanol–water partition coefficient (Wildman–Crippen LogP) is 2.59. The first-order valence-electron chi connectivity index (χ1n) is 6.46. The molecule has 4 nitrogen and oxygen atoms in total. The number of halogens is 1. The highest BCUT2D eigenvalue weighted by Gasteiger charge is 2.15. The van der Waals surface area contributed by atoms with Crippen LogP contribution in [-0.2, 0) is 23.1 Å². The second kappa shape index (κ2) is 6.58. The largest absolute Gasteiger partial charge is 0.326 e. The molecular weight excluding hydrogens is 308 g/mol. The number of rotatable bonds is 5. The van der Waals surface area contributed by atoms with Crippen LogP contribution in [0.2, 0.25) is 5.02 Å². The van der Waals surface area contributed by atoms with Crippen molar-refractivity contribution in [3.63, 3.8) is 0 Å². The molecule has 0 unspecified atom stereocenters. The van der Waals surface area contributed by atoms with Crippen molar-refractivity contribution < 1.29 is 8.42 Å². The second-order valence-electron chi connectivity index (χ2n) is 4.71. The molecule has 6 heteroatoms. The van der Waals surface area contributed by atoms with Gasteiger partial charge in [-0.2, -0.15) is 0 Å². The van der Waals surface area contributed by atoms with Crippen molar-refractivity contribution in [2.75, 3.05) is 0 Å². The summed E-state index contributed by atoms with van der Waals surface area (Å²) in [6, 6.07) is 12.2. The molecule has 0 heterocycles. The quantitative estimate of drug-likeness (QED) is 0.888. The Balaban J connectivity index is 2.21. The van der Waals surface area contributed by atoms with Crippen molar-refractivity contribution in [2.24, 2.45) is 5.73 Å². The third-order valence-corrected chi connectivity index (χ3v) is 5.03. The molecule has 2 aromatic rings. The van der Waals surface area contributed by atoms with E-state index in [-0.39, 0.29) is 18.0 Å². The smallest absolute Gasteiger partial charge is 0.240 e. The molecule has 0 aliphatic heterocycles. The summed E-state index contributed by atoms with van der Waals surface area (Å²) >= 11 is 5.94. The van der Waals surface area contributed by atoms with Gasteiger partial charge in [0, 0.05) is 18.1 Å². The highest BCUT2D eigenvalue weighted by Crippen LogP contribution is 2.20. The predicted molar refractivity (Wildman–Crippen MR) is 84.5 cm³/mol. The third kappa shape index (κ3) is 3.83. The molecular formula is C15H17ClN2O2S. The Morgan fingerprint density at radius 3 is 2.52 bits per heavy atom. The van der Waals surface area contributed by atoms with Crippen molar-refractivity contribution in [2.45, 2.75) is 24.9 Å². The van der Waals surface area contributed by atoms with Crippen LogP contribution >= 0.6 is 11.6 Å². The first-order chi connectivity index (χ1) is 9.94. The number of benzene rings is 2. The van der Waals surface area contributed by atoms with Crippen molar-refractivity contribution in [3.8, 4) is 0 Å². The van der Waals surface area contributed by atoms with Crippen LogP contribution in [0.3, 0.4) is 0 Å². The molecule has 3 N–H and O–H groups in total. The Morgan fingerprint density at radius 2 is 1.86 bits per heavy atom. The Morgan fingerprint density at radius 1 is 1.14 bits per heavy atom. The van der Waals surface area contributed by atoms with Crippen molar-refractivity contribution in [1.29, 1.82) is 0 Å². The summed E-state index contributed by atoms with van der Waals surface area (Å²) in [6.45, 7) is 2.38. The van der Waals surface area contributed by atoms with Crippen molar-refractivity contribution in [1.82, 2.24) is 4.72 Å². The molecule has 2 aromatic carbocycles. The van der Waals surface area contributed by atoms with E-state index in [0.717, 1.165) is 11.1 Å². The molecule has 0 amide bonds. The average molecular weight is 325 g/mol. The summed E-state index contributed by atoms with van der Waals surface area (Å²) in [5.41, 5.74) is 8.13. The van der Waals surface area contributed by atoms with Crippen LogP contribution in [0, 0.1) is 6.92 Å². The van der Waals surface area contributed by atoms with Gasteiger partial charge < -0.3 is 5.73 Å². The number of nitrogens with two attached hydrogens (primary N) is 1. The molecule has 112 valence electrons. The van der Waals surface area contributed by atoms with Gasteiger partial charge in [-0.3, -0.25) is 0 Å². The number of aryl methyl sites for hydroxylation is 1. The molecule has 0 fully saturated rings. The lowest BCUT2D eigenvalue weighted by Crippen LogP contribution is -2.23. The standard InChI is InChI=1S/C15H17ClN2O2S/c1-11-4-2-3-5-12(11)10-18-21(19,20)14-6-7-15(16)13(8-14)9-17/h2-8,18H,9-10,17H2,1H3. The van der Waals surface area contributed by atoms with E-state index < -0.39 is 10.0 Å². The first kappa shape index (κ1) is 16.0. The van der Waals surface area contributed by atoms with Gasteiger partial charge in [-0.15, -0.1) is 0 Å². The molecule has 0 saturated carbocycles. The fourth-order valence-electron chi connectivity index (χ4n) is 1.94. The molecule has 0 atom stereocenters. The van der Waals surface area contributed by atoms with Gasteiger partial charge in [-0.1, -0.05) is 35.9 Å². The summed E-state index contributed by atoms with van der Waals surface area (Å²) in [5.74, 6) is 0. The zero-order valence-corrected chi connectivity index (χ0v) is 13.2. The molecule has 0 aliphatic carbocycles. The lowest BCUT2D eigenvalue weighted by molar-refractivity contribution is 0.581. The first-order valence-corrected chi connectivity index (χ1v) is 8.33. The second-order valence-corrected chi connectivity index (χ2v) is 6.88. The summed E-state index contributed by atoms with van der Waals surface area (Å²) in [6.07, 6.45) is 0. The highest BCUT2D eigenvalue weighted by atomic mass is 35.5. The summed E-state index contributed by atoms with van der Waals surface area (Å²) in [4.78, 5) is 0.168. The summed E-state index contributed by atoms with van der Waals surface area (Å²) in [5, 5.41) is 0.468. The fraction of sp³-hybridized carbons (Fsp3) is 0.200. The zero-order chi connectivity index (χ0) is 15.5. The lowest BCUT2D eigenvalue weighted by Gasteiger charge is -2.10. The van der Waals surface area contributed by atoms with Crippen molar-refractivity contribution in [3.05, 3.63) is 64.2 Å². The maximum atomic E-state index is 12.3. The molecule has 21 heavy (non-hydrogen) atoms. The van der Waals surface area contributed by atoms with Crippen LogP contribution in [0.15, 0.2) is 47.4 Å². The Bertz CT molecular complexity index is 745. The third-order valence-electron chi connectivity index (χ3n) is 3.26. The van der Waals surface area contributed by atoms with Gasteiger partial charge in [-0.05, 0) is 41.8 Å². The van der Waals surface area contributed by atoms with Crippen molar-refractivity contribution >= 4 is 21.6 Å². The van der Waals surface area contributed by atoms with Gasteiger partial charge in [0.25, 0.3) is 0 Å². The van der Waals surface area contributed by atoms with E-state index in [4.69, 9.17) is 17.3 Å². The average Bonchev–Trinajstić information content (AvgIpc) is 2.46.